The minimum absolute atomic E-state index is 0.258. The van der Waals surface area contributed by atoms with E-state index in [1.165, 1.54) is 6.08 Å². The molecule has 0 aromatic carbocycles. The van der Waals surface area contributed by atoms with Crippen LogP contribution in [0.3, 0.4) is 0 Å². The molecule has 0 saturated heterocycles. The molecule has 1 aliphatic rings. The molecule has 0 aliphatic carbocycles. The van der Waals surface area contributed by atoms with Crippen molar-refractivity contribution in [2.75, 3.05) is 5.33 Å². The zero-order valence-corrected chi connectivity index (χ0v) is 7.24. The normalized spacial score (nSPS) is 28.1. The minimum atomic E-state index is -1.16. The molecule has 1 rings (SSSR count). The fraction of sp³-hybridized carbons (Fsp3) is 0.333. The van der Waals surface area contributed by atoms with E-state index in [9.17, 15) is 10.1 Å². The first-order chi connectivity index (χ1) is 5.21. The Bertz CT molecular complexity index is 227. The highest BCUT2D eigenvalue weighted by atomic mass is 79.9. The van der Waals surface area contributed by atoms with Crippen LogP contribution < -0.4 is 5.32 Å². The molecule has 11 heavy (non-hydrogen) atoms. The average Bonchev–Trinajstić information content (AvgIpc) is 2.05. The Morgan fingerprint density at radius 2 is 2.36 bits per heavy atom. The maximum atomic E-state index is 10.5. The van der Waals surface area contributed by atoms with Gasteiger partial charge in [-0.25, -0.2) is 0 Å². The number of nitro groups is 1. The number of hydrogen-bond donors (Lipinski definition) is 1. The second-order valence-electron chi connectivity index (χ2n) is 2.18. The van der Waals surface area contributed by atoms with Gasteiger partial charge in [-0.2, -0.15) is 0 Å². The van der Waals surface area contributed by atoms with E-state index in [0.717, 1.165) is 0 Å². The maximum absolute atomic E-state index is 10.5. The summed E-state index contributed by atoms with van der Waals surface area (Å²) in [6.07, 6.45) is 6.44. The lowest BCUT2D eigenvalue weighted by atomic mass is 10.1. The van der Waals surface area contributed by atoms with Crippen molar-refractivity contribution in [1.29, 1.82) is 0 Å². The third-order valence-electron chi connectivity index (χ3n) is 1.44. The van der Waals surface area contributed by atoms with Crippen molar-refractivity contribution in [3.63, 3.8) is 0 Å². The molecule has 60 valence electrons. The summed E-state index contributed by atoms with van der Waals surface area (Å²) in [6.45, 7) is 0. The molecule has 0 bridgehead atoms. The van der Waals surface area contributed by atoms with Gasteiger partial charge in [0.1, 0.15) is 0 Å². The van der Waals surface area contributed by atoms with Crippen LogP contribution in [0, 0.1) is 10.1 Å². The summed E-state index contributed by atoms with van der Waals surface area (Å²) in [5.41, 5.74) is -1.16. The molecule has 1 N–H and O–H groups in total. The zero-order valence-electron chi connectivity index (χ0n) is 5.66. The van der Waals surface area contributed by atoms with Crippen LogP contribution in [-0.2, 0) is 0 Å². The van der Waals surface area contributed by atoms with Crippen molar-refractivity contribution in [3.05, 3.63) is 34.5 Å². The Morgan fingerprint density at radius 1 is 1.64 bits per heavy atom. The second-order valence-corrected chi connectivity index (χ2v) is 2.74. The predicted octanol–water partition coefficient (Wildman–Crippen LogP) is 1.03. The number of rotatable bonds is 2. The van der Waals surface area contributed by atoms with Crippen molar-refractivity contribution < 1.29 is 4.92 Å². The molecule has 0 fully saturated rings. The van der Waals surface area contributed by atoms with Gasteiger partial charge in [0.2, 0.25) is 0 Å². The molecule has 4 nitrogen and oxygen atoms in total. The fourth-order valence-corrected chi connectivity index (χ4v) is 1.31. The Hall–Kier alpha value is -0.840. The topological polar surface area (TPSA) is 55.2 Å². The van der Waals surface area contributed by atoms with E-state index in [4.69, 9.17) is 0 Å². The standard InChI is InChI=1S/C6H7BrN2O2/c7-5-6(9(10)11)3-1-2-4-8-6/h1-4,8H,5H2. The summed E-state index contributed by atoms with van der Waals surface area (Å²) in [5.74, 6) is 0. The van der Waals surface area contributed by atoms with E-state index in [0.29, 0.717) is 0 Å². The molecule has 0 spiro atoms. The van der Waals surface area contributed by atoms with Gasteiger partial charge in [-0.1, -0.05) is 22.0 Å². The molecular formula is C6H7BrN2O2. The SMILES string of the molecule is O=[N+]([O-])C1(CBr)C=CC=CN1. The van der Waals surface area contributed by atoms with Crippen LogP contribution in [0.15, 0.2) is 24.4 Å². The second kappa shape index (κ2) is 3.04. The maximum Gasteiger partial charge on any atom is 0.322 e. The largest absolute Gasteiger partial charge is 0.324 e. The van der Waals surface area contributed by atoms with E-state index in [1.807, 2.05) is 0 Å². The number of hydrogen-bond acceptors (Lipinski definition) is 3. The van der Waals surface area contributed by atoms with E-state index >= 15 is 0 Å². The molecule has 0 radical (unpaired) electrons. The number of alkyl halides is 1. The molecule has 1 aliphatic heterocycles. The summed E-state index contributed by atoms with van der Waals surface area (Å²) >= 11 is 3.08. The summed E-state index contributed by atoms with van der Waals surface area (Å²) in [6, 6.07) is 0. The van der Waals surface area contributed by atoms with Gasteiger partial charge in [0.15, 0.2) is 0 Å². The van der Waals surface area contributed by atoms with Gasteiger partial charge in [-0.15, -0.1) is 0 Å². The number of nitrogens with zero attached hydrogens (tertiary/aromatic N) is 1. The quantitative estimate of drug-likeness (QED) is 0.428. The van der Waals surface area contributed by atoms with Crippen LogP contribution in [0.2, 0.25) is 0 Å². The predicted molar refractivity (Wildman–Crippen MR) is 44.9 cm³/mol. The van der Waals surface area contributed by atoms with Gasteiger partial charge in [0, 0.05) is 12.3 Å². The lowest BCUT2D eigenvalue weighted by molar-refractivity contribution is -0.554. The molecule has 5 heteroatoms. The number of dihydropyridines is 1. The molecule has 0 aromatic rings. The Labute approximate surface area is 72.2 Å². The van der Waals surface area contributed by atoms with E-state index in [-0.39, 0.29) is 10.3 Å². The number of nitrogens with one attached hydrogen (secondary N) is 1. The Balaban J connectivity index is 2.85. The molecule has 0 amide bonds. The molecule has 1 atom stereocenters. The first-order valence-electron chi connectivity index (χ1n) is 3.04. The van der Waals surface area contributed by atoms with E-state index in [2.05, 4.69) is 21.2 Å². The molecular weight excluding hydrogens is 212 g/mol. The fourth-order valence-electron chi connectivity index (χ4n) is 0.756. The molecule has 0 aromatic heterocycles. The lowest BCUT2D eigenvalue weighted by Gasteiger charge is -2.21. The molecule has 1 unspecified atom stereocenters. The van der Waals surface area contributed by atoms with Crippen LogP contribution in [0.5, 0.6) is 0 Å². The summed E-state index contributed by atoms with van der Waals surface area (Å²) < 4.78 is 0. The lowest BCUT2D eigenvalue weighted by Crippen LogP contribution is -2.50. The van der Waals surface area contributed by atoms with Crippen LogP contribution in [0.4, 0.5) is 0 Å². The van der Waals surface area contributed by atoms with Gasteiger partial charge in [0.25, 0.3) is 0 Å². The molecule has 0 saturated carbocycles. The van der Waals surface area contributed by atoms with Crippen LogP contribution in [0.25, 0.3) is 0 Å². The summed E-state index contributed by atoms with van der Waals surface area (Å²) in [7, 11) is 0. The van der Waals surface area contributed by atoms with Gasteiger partial charge in [-0.05, 0) is 6.08 Å². The highest BCUT2D eigenvalue weighted by Gasteiger charge is 2.38. The highest BCUT2D eigenvalue weighted by Crippen LogP contribution is 2.14. The number of halogens is 1. The summed E-state index contributed by atoms with van der Waals surface area (Å²) in [4.78, 5) is 10.2. The van der Waals surface area contributed by atoms with Gasteiger partial charge in [-0.3, -0.25) is 10.1 Å². The van der Waals surface area contributed by atoms with Crippen molar-refractivity contribution >= 4 is 15.9 Å². The van der Waals surface area contributed by atoms with Crippen LogP contribution in [-0.4, -0.2) is 15.9 Å². The van der Waals surface area contributed by atoms with Crippen molar-refractivity contribution in [2.45, 2.75) is 5.66 Å². The van der Waals surface area contributed by atoms with Crippen LogP contribution in [0.1, 0.15) is 0 Å². The number of allylic oxidation sites excluding steroid dienone is 2. The monoisotopic (exact) mass is 218 g/mol. The van der Waals surface area contributed by atoms with E-state index in [1.54, 1.807) is 18.4 Å². The van der Waals surface area contributed by atoms with Gasteiger partial charge >= 0.3 is 5.66 Å². The van der Waals surface area contributed by atoms with Crippen molar-refractivity contribution in [3.8, 4) is 0 Å². The highest BCUT2D eigenvalue weighted by molar-refractivity contribution is 9.09. The van der Waals surface area contributed by atoms with E-state index < -0.39 is 5.66 Å². The van der Waals surface area contributed by atoms with Crippen molar-refractivity contribution in [2.24, 2.45) is 0 Å². The van der Waals surface area contributed by atoms with Gasteiger partial charge in [0.05, 0.1) is 10.3 Å². The van der Waals surface area contributed by atoms with Crippen molar-refractivity contribution in [1.82, 2.24) is 5.32 Å². The smallest absolute Gasteiger partial charge is 0.322 e. The minimum Gasteiger partial charge on any atom is -0.324 e. The van der Waals surface area contributed by atoms with Gasteiger partial charge < -0.3 is 5.32 Å². The Kier molecular flexibility index (Phi) is 2.28. The van der Waals surface area contributed by atoms with Crippen LogP contribution >= 0.6 is 15.9 Å². The first-order valence-corrected chi connectivity index (χ1v) is 4.16. The third kappa shape index (κ3) is 1.42. The Morgan fingerprint density at radius 3 is 2.64 bits per heavy atom. The third-order valence-corrected chi connectivity index (χ3v) is 2.30. The first kappa shape index (κ1) is 8.26. The molecule has 1 heterocycles. The average molecular weight is 219 g/mol. The summed E-state index contributed by atoms with van der Waals surface area (Å²) in [5, 5.41) is 13.5. The zero-order chi connectivity index (χ0) is 8.32.